The van der Waals surface area contributed by atoms with Gasteiger partial charge in [-0.1, -0.05) is 34.5 Å². The lowest BCUT2D eigenvalue weighted by Gasteiger charge is -2.44. The molecule has 0 amide bonds. The zero-order valence-corrected chi connectivity index (χ0v) is 21.2. The molecule has 3 rings (SSSR count). The lowest BCUT2D eigenvalue weighted by atomic mass is 9.81. The standard InChI is InChI=1S/C24H42BrN5O2/c1-3-21-20(15-28-22(31)13-16-6-5-7-17(25)12-16)23(29-18-8-10-32-11-9-18)19(14-26)24(30-21)27-4-2/h7,12,18,20-23,27-31H,3-6,8-11,13-15,26H2,1-2H3/t20?,21-,22?,23?/m1/s1. The number of hydrogen-bond acceptors (Lipinski definition) is 7. The minimum atomic E-state index is -0.554. The minimum absolute atomic E-state index is 0.161. The van der Waals surface area contributed by atoms with Gasteiger partial charge in [0.25, 0.3) is 0 Å². The Labute approximate surface area is 201 Å². The average molecular weight is 513 g/mol. The summed E-state index contributed by atoms with van der Waals surface area (Å²) < 4.78 is 6.68. The van der Waals surface area contributed by atoms with E-state index in [-0.39, 0.29) is 12.0 Å². The molecule has 1 fully saturated rings. The van der Waals surface area contributed by atoms with Gasteiger partial charge >= 0.3 is 0 Å². The number of nitrogens with one attached hydrogen (secondary N) is 4. The van der Waals surface area contributed by atoms with E-state index in [0.29, 0.717) is 25.0 Å². The zero-order valence-electron chi connectivity index (χ0n) is 19.6. The van der Waals surface area contributed by atoms with Crippen LogP contribution in [0.3, 0.4) is 0 Å². The third-order valence-electron chi connectivity index (χ3n) is 6.81. The molecule has 0 spiro atoms. The Kier molecular flexibility index (Phi) is 10.5. The first-order valence-electron chi connectivity index (χ1n) is 12.3. The number of allylic oxidation sites excluding steroid dienone is 3. The number of rotatable bonds is 11. The highest BCUT2D eigenvalue weighted by Gasteiger charge is 2.38. The second-order valence-electron chi connectivity index (χ2n) is 9.05. The predicted octanol–water partition coefficient (Wildman–Crippen LogP) is 2.20. The second kappa shape index (κ2) is 13.1. The Hall–Kier alpha value is -0.900. The van der Waals surface area contributed by atoms with Gasteiger partial charge in [-0.15, -0.1) is 0 Å². The van der Waals surface area contributed by atoms with Gasteiger partial charge in [0, 0.05) is 73.4 Å². The van der Waals surface area contributed by atoms with Gasteiger partial charge in [-0.25, -0.2) is 0 Å². The molecule has 1 aliphatic carbocycles. The van der Waals surface area contributed by atoms with E-state index in [9.17, 15) is 5.11 Å². The van der Waals surface area contributed by atoms with E-state index in [1.807, 2.05) is 0 Å². The maximum atomic E-state index is 10.8. The number of ether oxygens (including phenoxy) is 1. The molecule has 2 heterocycles. The van der Waals surface area contributed by atoms with E-state index in [1.165, 1.54) is 11.1 Å². The summed E-state index contributed by atoms with van der Waals surface area (Å²) >= 11 is 3.56. The molecule has 0 radical (unpaired) electrons. The number of hydrogen-bond donors (Lipinski definition) is 6. The van der Waals surface area contributed by atoms with Crippen LogP contribution in [0.25, 0.3) is 0 Å². The molecule has 0 saturated carbocycles. The van der Waals surface area contributed by atoms with Crippen LogP contribution < -0.4 is 27.0 Å². The predicted molar refractivity (Wildman–Crippen MR) is 134 cm³/mol. The summed E-state index contributed by atoms with van der Waals surface area (Å²) in [5.74, 6) is 1.36. The first kappa shape index (κ1) is 25.7. The lowest BCUT2D eigenvalue weighted by Crippen LogP contribution is -2.61. The molecule has 0 aromatic rings. The molecular formula is C24H42BrN5O2. The topological polar surface area (TPSA) is 104 Å². The van der Waals surface area contributed by atoms with Crippen LogP contribution in [0.15, 0.2) is 33.6 Å². The van der Waals surface area contributed by atoms with Crippen molar-refractivity contribution in [2.24, 2.45) is 11.7 Å². The fourth-order valence-electron chi connectivity index (χ4n) is 5.08. The van der Waals surface area contributed by atoms with Crippen molar-refractivity contribution in [3.63, 3.8) is 0 Å². The fraction of sp³-hybridized carbons (Fsp3) is 0.750. The Bertz CT molecular complexity index is 690. The van der Waals surface area contributed by atoms with Gasteiger partial charge in [0.2, 0.25) is 0 Å². The average Bonchev–Trinajstić information content (AvgIpc) is 2.79. The van der Waals surface area contributed by atoms with Crippen molar-refractivity contribution < 1.29 is 9.84 Å². The summed E-state index contributed by atoms with van der Waals surface area (Å²) in [7, 11) is 0. The zero-order chi connectivity index (χ0) is 22.9. The summed E-state index contributed by atoms with van der Waals surface area (Å²) in [6.45, 7) is 8.03. The van der Waals surface area contributed by atoms with E-state index >= 15 is 0 Å². The van der Waals surface area contributed by atoms with E-state index in [2.05, 4.69) is 63.2 Å². The van der Waals surface area contributed by atoms with Crippen LogP contribution in [0, 0.1) is 5.92 Å². The van der Waals surface area contributed by atoms with Crippen molar-refractivity contribution >= 4 is 15.9 Å². The summed E-state index contributed by atoms with van der Waals surface area (Å²) in [6.07, 6.45) is 9.50. The molecule has 32 heavy (non-hydrogen) atoms. The molecule has 182 valence electrons. The monoisotopic (exact) mass is 511 g/mol. The molecular weight excluding hydrogens is 470 g/mol. The Morgan fingerprint density at radius 1 is 1.31 bits per heavy atom. The fourth-order valence-corrected chi connectivity index (χ4v) is 5.64. The molecule has 1 saturated heterocycles. The Morgan fingerprint density at radius 3 is 2.75 bits per heavy atom. The quantitative estimate of drug-likeness (QED) is 0.236. The van der Waals surface area contributed by atoms with E-state index in [0.717, 1.165) is 68.7 Å². The Morgan fingerprint density at radius 2 is 2.09 bits per heavy atom. The van der Waals surface area contributed by atoms with Gasteiger partial charge in [-0.05, 0) is 45.1 Å². The summed E-state index contributed by atoms with van der Waals surface area (Å²) in [5, 5.41) is 25.3. The lowest BCUT2D eigenvalue weighted by molar-refractivity contribution is 0.0699. The van der Waals surface area contributed by atoms with Crippen LogP contribution in [0.4, 0.5) is 0 Å². The first-order valence-corrected chi connectivity index (χ1v) is 13.1. The van der Waals surface area contributed by atoms with Crippen LogP contribution in [0.5, 0.6) is 0 Å². The maximum absolute atomic E-state index is 10.8. The molecule has 7 nitrogen and oxygen atoms in total. The third-order valence-corrected chi connectivity index (χ3v) is 7.37. The van der Waals surface area contributed by atoms with Gasteiger partial charge < -0.3 is 31.5 Å². The second-order valence-corrected chi connectivity index (χ2v) is 9.96. The molecule has 0 bridgehead atoms. The van der Waals surface area contributed by atoms with E-state index < -0.39 is 6.23 Å². The van der Waals surface area contributed by atoms with Crippen LogP contribution in [-0.2, 0) is 4.74 Å². The normalized spacial score (nSPS) is 28.1. The molecule has 0 aromatic carbocycles. The maximum Gasteiger partial charge on any atom is 0.108 e. The van der Waals surface area contributed by atoms with Crippen molar-refractivity contribution in [2.75, 3.05) is 32.8 Å². The van der Waals surface area contributed by atoms with E-state index in [1.54, 1.807) is 0 Å². The largest absolute Gasteiger partial charge is 0.381 e. The number of aliphatic hydroxyl groups is 1. The number of halogens is 1. The molecule has 4 atom stereocenters. The van der Waals surface area contributed by atoms with Gasteiger partial charge in [0.15, 0.2) is 0 Å². The molecule has 3 aliphatic rings. The first-order chi connectivity index (χ1) is 15.5. The van der Waals surface area contributed by atoms with Gasteiger partial charge in [0.05, 0.1) is 0 Å². The molecule has 7 N–H and O–H groups in total. The molecule has 0 aromatic heterocycles. The van der Waals surface area contributed by atoms with E-state index in [4.69, 9.17) is 10.5 Å². The third kappa shape index (κ3) is 7.05. The van der Waals surface area contributed by atoms with Crippen LogP contribution in [0.1, 0.15) is 52.4 Å². The molecule has 2 aliphatic heterocycles. The van der Waals surface area contributed by atoms with Crippen LogP contribution in [-0.4, -0.2) is 62.3 Å². The van der Waals surface area contributed by atoms with Crippen molar-refractivity contribution in [2.45, 2.75) is 76.7 Å². The highest BCUT2D eigenvalue weighted by atomic mass is 79.9. The Balaban J connectivity index is 1.72. The smallest absolute Gasteiger partial charge is 0.108 e. The van der Waals surface area contributed by atoms with Crippen LogP contribution in [0.2, 0.25) is 0 Å². The highest BCUT2D eigenvalue weighted by Crippen LogP contribution is 2.28. The number of nitrogens with two attached hydrogens (primary N) is 1. The van der Waals surface area contributed by atoms with Gasteiger partial charge in [-0.3, -0.25) is 5.32 Å². The molecule has 8 heteroatoms. The van der Waals surface area contributed by atoms with Crippen molar-refractivity contribution in [1.29, 1.82) is 0 Å². The summed E-state index contributed by atoms with van der Waals surface area (Å²) in [6, 6.07) is 0.883. The number of aliphatic hydroxyl groups excluding tert-OH is 1. The van der Waals surface area contributed by atoms with Gasteiger partial charge in [0.1, 0.15) is 12.0 Å². The van der Waals surface area contributed by atoms with Crippen molar-refractivity contribution in [3.8, 4) is 0 Å². The summed E-state index contributed by atoms with van der Waals surface area (Å²) in [5.41, 5.74) is 8.75. The van der Waals surface area contributed by atoms with Crippen molar-refractivity contribution in [1.82, 2.24) is 21.3 Å². The SMILES string of the molecule is CCNC1=C(CN)C(NC2CCOCC2)C(CNC(O)CC2=CC(Br)=CCC2)[C@@H](CC)N1. The molecule has 3 unspecified atom stereocenters. The summed E-state index contributed by atoms with van der Waals surface area (Å²) in [4.78, 5) is 0. The minimum Gasteiger partial charge on any atom is -0.381 e. The van der Waals surface area contributed by atoms with Gasteiger partial charge in [-0.2, -0.15) is 0 Å². The van der Waals surface area contributed by atoms with Crippen LogP contribution >= 0.6 is 15.9 Å². The highest BCUT2D eigenvalue weighted by molar-refractivity contribution is 9.11. The van der Waals surface area contributed by atoms with Crippen molar-refractivity contribution in [3.05, 3.63) is 33.6 Å².